The van der Waals surface area contributed by atoms with Crippen molar-refractivity contribution in [2.24, 2.45) is 0 Å². The van der Waals surface area contributed by atoms with Gasteiger partial charge < -0.3 is 9.84 Å². The molecule has 1 N–H and O–H groups in total. The molecule has 58 valence electrons. The summed E-state index contributed by atoms with van der Waals surface area (Å²) in [5, 5.41) is 8.56. The third-order valence-corrected chi connectivity index (χ3v) is 0.850. The molecule has 0 radical (unpaired) electrons. The molecule has 0 aliphatic heterocycles. The molecule has 0 aromatic carbocycles. The van der Waals surface area contributed by atoms with Crippen LogP contribution in [0.15, 0.2) is 11.8 Å². The maximum absolute atomic E-state index is 10.4. The van der Waals surface area contributed by atoms with Gasteiger partial charge in [-0.1, -0.05) is 0 Å². The number of rotatable bonds is 4. The Hall–Kier alpha value is -0.830. The zero-order valence-corrected chi connectivity index (χ0v) is 6.26. The van der Waals surface area contributed by atoms with Gasteiger partial charge in [0, 0.05) is 6.08 Å². The summed E-state index contributed by atoms with van der Waals surface area (Å²) in [5.74, 6) is 0.215. The summed E-state index contributed by atoms with van der Waals surface area (Å²) in [7, 11) is 0. The molecule has 0 aliphatic rings. The van der Waals surface area contributed by atoms with E-state index in [-0.39, 0.29) is 12.4 Å². The van der Waals surface area contributed by atoms with Crippen LogP contribution in [0.2, 0.25) is 0 Å². The van der Waals surface area contributed by atoms with Crippen LogP contribution in [0.3, 0.4) is 0 Å². The molecule has 10 heavy (non-hydrogen) atoms. The van der Waals surface area contributed by atoms with Crippen LogP contribution >= 0.6 is 0 Å². The lowest BCUT2D eigenvalue weighted by molar-refractivity contribution is -0.112. The van der Waals surface area contributed by atoms with E-state index in [0.717, 1.165) is 0 Å². The van der Waals surface area contributed by atoms with Gasteiger partial charge >= 0.3 is 0 Å². The average Bonchev–Trinajstić information content (AvgIpc) is 1.86. The van der Waals surface area contributed by atoms with E-state index in [1.165, 1.54) is 13.0 Å². The molecule has 0 atom stereocenters. The molecule has 0 amide bonds. The molecule has 0 aromatic rings. The molecule has 0 heterocycles. The maximum Gasteiger partial charge on any atom is 0.156 e. The van der Waals surface area contributed by atoms with Crippen molar-refractivity contribution < 1.29 is 14.6 Å². The zero-order chi connectivity index (χ0) is 7.98. The lowest BCUT2D eigenvalue weighted by Crippen LogP contribution is -1.99. The molecule has 0 aliphatic carbocycles. The van der Waals surface area contributed by atoms with Gasteiger partial charge in [0.05, 0.1) is 6.61 Å². The largest absolute Gasteiger partial charge is 0.496 e. The lowest BCUT2D eigenvalue weighted by atomic mass is 10.3. The molecule has 0 aromatic heterocycles. The normalized spacial score (nSPS) is 11.3. The van der Waals surface area contributed by atoms with Crippen molar-refractivity contribution in [2.45, 2.75) is 13.8 Å². The van der Waals surface area contributed by atoms with Gasteiger partial charge in [-0.3, -0.25) is 4.79 Å². The minimum atomic E-state index is -0.215. The third kappa shape index (κ3) is 4.09. The second kappa shape index (κ2) is 4.99. The van der Waals surface area contributed by atoms with E-state index in [1.807, 2.05) is 0 Å². The summed E-state index contributed by atoms with van der Waals surface area (Å²) in [6.45, 7) is 3.46. The third-order valence-electron chi connectivity index (χ3n) is 0.850. The van der Waals surface area contributed by atoms with Crippen molar-refractivity contribution in [1.29, 1.82) is 0 Å². The van der Waals surface area contributed by atoms with E-state index >= 15 is 0 Å². The molecule has 0 saturated heterocycles. The van der Waals surface area contributed by atoms with Crippen LogP contribution in [0.5, 0.6) is 0 Å². The Morgan fingerprint density at radius 1 is 1.70 bits per heavy atom. The number of allylic oxidation sites excluding steroid dienone is 1. The summed E-state index contributed by atoms with van der Waals surface area (Å²) < 4.78 is 4.89. The highest BCUT2D eigenvalue weighted by Gasteiger charge is 1.95. The number of carbonyl (C=O) groups excluding carboxylic acids is 1. The molecule has 0 saturated carbocycles. The topological polar surface area (TPSA) is 46.5 Å². The quantitative estimate of drug-likeness (QED) is 0.461. The van der Waals surface area contributed by atoms with Crippen LogP contribution in [0, 0.1) is 0 Å². The van der Waals surface area contributed by atoms with E-state index in [0.29, 0.717) is 12.4 Å². The zero-order valence-electron chi connectivity index (χ0n) is 6.26. The van der Waals surface area contributed by atoms with Gasteiger partial charge in [0.25, 0.3) is 0 Å². The fourth-order valence-corrected chi connectivity index (χ4v) is 0.545. The summed E-state index contributed by atoms with van der Waals surface area (Å²) in [4.78, 5) is 10.4. The van der Waals surface area contributed by atoms with E-state index in [4.69, 9.17) is 9.84 Å². The highest BCUT2D eigenvalue weighted by Crippen LogP contribution is 1.94. The molecular weight excluding hydrogens is 132 g/mol. The first-order valence-corrected chi connectivity index (χ1v) is 3.15. The first-order chi connectivity index (χ1) is 4.70. The minimum absolute atomic E-state index is 0.113. The Labute approximate surface area is 60.3 Å². The number of aliphatic hydroxyl groups is 1. The molecule has 0 unspecified atom stereocenters. The van der Waals surface area contributed by atoms with Crippen LogP contribution in [-0.4, -0.2) is 24.1 Å². The van der Waals surface area contributed by atoms with Crippen molar-refractivity contribution >= 4 is 5.78 Å². The SMILES string of the molecule is CCOC(=CC(C)=O)CO. The van der Waals surface area contributed by atoms with Gasteiger partial charge in [0.2, 0.25) is 0 Å². The number of ketones is 1. The van der Waals surface area contributed by atoms with Gasteiger partial charge in [-0.05, 0) is 13.8 Å². The number of hydrogen-bond donors (Lipinski definition) is 1. The molecular formula is C7H12O3. The maximum atomic E-state index is 10.4. The fraction of sp³-hybridized carbons (Fsp3) is 0.571. The van der Waals surface area contributed by atoms with Gasteiger partial charge in [0.1, 0.15) is 12.4 Å². The van der Waals surface area contributed by atoms with Crippen LogP contribution in [0.1, 0.15) is 13.8 Å². The van der Waals surface area contributed by atoms with Crippen molar-refractivity contribution in [1.82, 2.24) is 0 Å². The summed E-state index contributed by atoms with van der Waals surface area (Å²) in [6.07, 6.45) is 1.28. The number of hydrogen-bond acceptors (Lipinski definition) is 3. The molecule has 3 nitrogen and oxygen atoms in total. The highest BCUT2D eigenvalue weighted by atomic mass is 16.5. The number of carbonyl (C=O) groups is 1. The fourth-order valence-electron chi connectivity index (χ4n) is 0.545. The van der Waals surface area contributed by atoms with Crippen LogP contribution in [0.25, 0.3) is 0 Å². The van der Waals surface area contributed by atoms with Crippen LogP contribution in [0.4, 0.5) is 0 Å². The Kier molecular flexibility index (Phi) is 4.58. The molecule has 0 rings (SSSR count). The monoisotopic (exact) mass is 144 g/mol. The lowest BCUT2D eigenvalue weighted by Gasteiger charge is -2.02. The second-order valence-electron chi connectivity index (χ2n) is 1.81. The molecule has 0 fully saturated rings. The second-order valence-corrected chi connectivity index (χ2v) is 1.81. The van der Waals surface area contributed by atoms with E-state index in [2.05, 4.69) is 0 Å². The van der Waals surface area contributed by atoms with Gasteiger partial charge in [0.15, 0.2) is 5.78 Å². The summed E-state index contributed by atoms with van der Waals surface area (Å²) in [5.41, 5.74) is 0. The van der Waals surface area contributed by atoms with Crippen molar-refractivity contribution in [3.05, 3.63) is 11.8 Å². The molecule has 0 spiro atoms. The molecule has 3 heteroatoms. The molecule has 0 bridgehead atoms. The predicted molar refractivity (Wildman–Crippen MR) is 37.5 cm³/mol. The Balaban J connectivity index is 3.91. The number of ether oxygens (including phenoxy) is 1. The standard InChI is InChI=1S/C7H12O3/c1-3-10-7(5-8)4-6(2)9/h4,8H,3,5H2,1-2H3. The van der Waals surface area contributed by atoms with Gasteiger partial charge in [-0.15, -0.1) is 0 Å². The number of aliphatic hydroxyl groups excluding tert-OH is 1. The highest BCUT2D eigenvalue weighted by molar-refractivity contribution is 5.87. The van der Waals surface area contributed by atoms with Crippen LogP contribution in [-0.2, 0) is 9.53 Å². The van der Waals surface area contributed by atoms with Crippen molar-refractivity contribution in [3.63, 3.8) is 0 Å². The van der Waals surface area contributed by atoms with Crippen molar-refractivity contribution in [2.75, 3.05) is 13.2 Å². The Morgan fingerprint density at radius 3 is 2.60 bits per heavy atom. The van der Waals surface area contributed by atoms with Crippen molar-refractivity contribution in [3.8, 4) is 0 Å². The van der Waals surface area contributed by atoms with E-state index in [9.17, 15) is 4.79 Å². The van der Waals surface area contributed by atoms with E-state index < -0.39 is 0 Å². The van der Waals surface area contributed by atoms with E-state index in [1.54, 1.807) is 6.92 Å². The smallest absolute Gasteiger partial charge is 0.156 e. The van der Waals surface area contributed by atoms with Gasteiger partial charge in [-0.25, -0.2) is 0 Å². The first kappa shape index (κ1) is 9.17. The minimum Gasteiger partial charge on any atom is -0.496 e. The summed E-state index contributed by atoms with van der Waals surface area (Å²) >= 11 is 0. The first-order valence-electron chi connectivity index (χ1n) is 3.15. The van der Waals surface area contributed by atoms with Gasteiger partial charge in [-0.2, -0.15) is 0 Å². The average molecular weight is 144 g/mol. The Morgan fingerprint density at radius 2 is 2.30 bits per heavy atom. The summed E-state index contributed by atoms with van der Waals surface area (Å²) in [6, 6.07) is 0. The predicted octanol–water partition coefficient (Wildman–Crippen LogP) is 0.488. The van der Waals surface area contributed by atoms with Crippen LogP contribution < -0.4 is 0 Å². The Bertz CT molecular complexity index is 138.